The second-order valence-electron chi connectivity index (χ2n) is 8.38. The average molecular weight is 553 g/mol. The Labute approximate surface area is 225 Å². The Morgan fingerprint density at radius 3 is 2.27 bits per heavy atom. The molecule has 0 aromatic heterocycles. The molecule has 0 spiro atoms. The zero-order valence-corrected chi connectivity index (χ0v) is 21.9. The quantitative estimate of drug-likeness (QED) is 0.173. The molecule has 0 atom stereocenters. The number of nitriles is 1. The van der Waals surface area contributed by atoms with E-state index in [0.29, 0.717) is 36.0 Å². The summed E-state index contributed by atoms with van der Waals surface area (Å²) in [6.07, 6.45) is 1.53. The predicted octanol–water partition coefficient (Wildman–Crippen LogP) is 7.46. The second-order valence-corrected chi connectivity index (χ2v) is 9.29. The molecule has 4 aromatic rings. The molecule has 0 bridgehead atoms. The number of nitrogens with one attached hydrogen (secondary N) is 1. The van der Waals surface area contributed by atoms with Gasteiger partial charge in [0.2, 0.25) is 0 Å². The molecule has 1 N–H and O–H groups in total. The summed E-state index contributed by atoms with van der Waals surface area (Å²) in [6.45, 7) is 2.86. The summed E-state index contributed by atoms with van der Waals surface area (Å²) in [6, 6.07) is 32.5. The third-order valence-corrected chi connectivity index (χ3v) is 6.01. The average Bonchev–Trinajstić information content (AvgIpc) is 2.92. The molecule has 0 aliphatic rings. The first-order valence-corrected chi connectivity index (χ1v) is 12.5. The SMILES string of the molecule is Cc1ccc(COc2ccc(Br)cc2/C=C(\C#N)C(=O)Nc2ccc(OCc3ccccc3)cc2)cc1. The smallest absolute Gasteiger partial charge is 0.266 e. The van der Waals surface area contributed by atoms with Gasteiger partial charge in [-0.3, -0.25) is 4.79 Å². The lowest BCUT2D eigenvalue weighted by atomic mass is 10.1. The van der Waals surface area contributed by atoms with Gasteiger partial charge in [0.05, 0.1) is 0 Å². The Balaban J connectivity index is 1.42. The molecule has 0 saturated carbocycles. The number of ether oxygens (including phenoxy) is 2. The molecule has 1 amide bonds. The third kappa shape index (κ3) is 7.57. The highest BCUT2D eigenvalue weighted by Gasteiger charge is 2.12. The molecule has 0 aliphatic carbocycles. The predicted molar refractivity (Wildman–Crippen MR) is 149 cm³/mol. The molecular weight excluding hydrogens is 528 g/mol. The van der Waals surface area contributed by atoms with Crippen molar-refractivity contribution in [3.05, 3.63) is 129 Å². The van der Waals surface area contributed by atoms with E-state index in [1.165, 1.54) is 11.6 Å². The van der Waals surface area contributed by atoms with Crippen molar-refractivity contribution >= 4 is 33.6 Å². The number of rotatable bonds is 9. The van der Waals surface area contributed by atoms with E-state index >= 15 is 0 Å². The van der Waals surface area contributed by atoms with Gasteiger partial charge in [0.1, 0.15) is 36.4 Å². The highest BCUT2D eigenvalue weighted by Crippen LogP contribution is 2.27. The van der Waals surface area contributed by atoms with Crippen LogP contribution in [0.2, 0.25) is 0 Å². The zero-order chi connectivity index (χ0) is 26.0. The first-order valence-electron chi connectivity index (χ1n) is 11.7. The van der Waals surface area contributed by atoms with Crippen molar-refractivity contribution in [3.63, 3.8) is 0 Å². The van der Waals surface area contributed by atoms with Crippen molar-refractivity contribution in [3.8, 4) is 17.6 Å². The number of aryl methyl sites for hydroxylation is 1. The van der Waals surface area contributed by atoms with E-state index in [-0.39, 0.29) is 5.57 Å². The van der Waals surface area contributed by atoms with Gasteiger partial charge in [-0.2, -0.15) is 5.26 Å². The van der Waals surface area contributed by atoms with E-state index in [1.54, 1.807) is 24.3 Å². The van der Waals surface area contributed by atoms with Crippen molar-refractivity contribution in [1.29, 1.82) is 5.26 Å². The number of anilines is 1. The van der Waals surface area contributed by atoms with E-state index in [9.17, 15) is 10.1 Å². The van der Waals surface area contributed by atoms with E-state index in [0.717, 1.165) is 15.6 Å². The minimum Gasteiger partial charge on any atom is -0.489 e. The lowest BCUT2D eigenvalue weighted by Gasteiger charge is -2.11. The van der Waals surface area contributed by atoms with Crippen LogP contribution in [-0.4, -0.2) is 5.91 Å². The summed E-state index contributed by atoms with van der Waals surface area (Å²) in [5.41, 5.74) is 4.41. The molecule has 0 heterocycles. The highest BCUT2D eigenvalue weighted by molar-refractivity contribution is 9.10. The molecule has 0 unspecified atom stereocenters. The van der Waals surface area contributed by atoms with Gasteiger partial charge in [-0.25, -0.2) is 0 Å². The number of halogens is 1. The molecular formula is C31H25BrN2O3. The maximum atomic E-state index is 12.9. The number of hydrogen-bond donors (Lipinski definition) is 1. The van der Waals surface area contributed by atoms with Crippen molar-refractivity contribution in [2.24, 2.45) is 0 Å². The van der Waals surface area contributed by atoms with Gasteiger partial charge in [-0.05, 0) is 66.6 Å². The third-order valence-electron chi connectivity index (χ3n) is 5.51. The molecule has 0 saturated heterocycles. The van der Waals surface area contributed by atoms with Crippen LogP contribution < -0.4 is 14.8 Å². The molecule has 4 rings (SSSR count). The van der Waals surface area contributed by atoms with Crippen LogP contribution in [0.5, 0.6) is 11.5 Å². The van der Waals surface area contributed by atoms with E-state index in [1.807, 2.05) is 85.8 Å². The van der Waals surface area contributed by atoms with Gasteiger partial charge in [-0.1, -0.05) is 76.1 Å². The van der Waals surface area contributed by atoms with Crippen molar-refractivity contribution in [2.75, 3.05) is 5.32 Å². The van der Waals surface area contributed by atoms with Gasteiger partial charge < -0.3 is 14.8 Å². The van der Waals surface area contributed by atoms with Crippen LogP contribution in [0.1, 0.15) is 22.3 Å². The second kappa shape index (κ2) is 12.6. The first-order chi connectivity index (χ1) is 18.0. The number of carbonyl (C=O) groups is 1. The number of hydrogen-bond acceptors (Lipinski definition) is 4. The van der Waals surface area contributed by atoms with Crippen LogP contribution >= 0.6 is 15.9 Å². The van der Waals surface area contributed by atoms with Crippen LogP contribution in [-0.2, 0) is 18.0 Å². The summed E-state index contributed by atoms with van der Waals surface area (Å²) in [7, 11) is 0. The summed E-state index contributed by atoms with van der Waals surface area (Å²) in [5, 5.41) is 12.5. The monoisotopic (exact) mass is 552 g/mol. The van der Waals surface area contributed by atoms with E-state index in [2.05, 4.69) is 21.2 Å². The first kappa shape index (κ1) is 25.7. The fourth-order valence-electron chi connectivity index (χ4n) is 3.49. The maximum Gasteiger partial charge on any atom is 0.266 e. The minimum absolute atomic E-state index is 0.0392. The fourth-order valence-corrected chi connectivity index (χ4v) is 3.87. The Morgan fingerprint density at radius 2 is 1.57 bits per heavy atom. The molecule has 0 radical (unpaired) electrons. The van der Waals surface area contributed by atoms with Crippen molar-refractivity contribution in [1.82, 2.24) is 0 Å². The number of amides is 1. The summed E-state index contributed by atoms with van der Waals surface area (Å²) < 4.78 is 12.6. The number of carbonyl (C=O) groups excluding carboxylic acids is 1. The summed E-state index contributed by atoms with van der Waals surface area (Å²) in [5.74, 6) is 0.747. The van der Waals surface area contributed by atoms with Crippen molar-refractivity contribution in [2.45, 2.75) is 20.1 Å². The maximum absolute atomic E-state index is 12.9. The van der Waals surface area contributed by atoms with Crippen LogP contribution in [0, 0.1) is 18.3 Å². The molecule has 0 aliphatic heterocycles. The molecule has 37 heavy (non-hydrogen) atoms. The van der Waals surface area contributed by atoms with Crippen LogP contribution in [0.3, 0.4) is 0 Å². The van der Waals surface area contributed by atoms with Crippen LogP contribution in [0.25, 0.3) is 6.08 Å². The Bertz CT molecular complexity index is 1420. The highest BCUT2D eigenvalue weighted by atomic mass is 79.9. The summed E-state index contributed by atoms with van der Waals surface area (Å²) >= 11 is 3.46. The Kier molecular flexibility index (Phi) is 8.75. The van der Waals surface area contributed by atoms with Gasteiger partial charge in [0, 0.05) is 15.7 Å². The van der Waals surface area contributed by atoms with Gasteiger partial charge >= 0.3 is 0 Å². The lowest BCUT2D eigenvalue weighted by molar-refractivity contribution is -0.112. The van der Waals surface area contributed by atoms with Gasteiger partial charge in [0.25, 0.3) is 5.91 Å². The lowest BCUT2D eigenvalue weighted by Crippen LogP contribution is -2.13. The normalized spacial score (nSPS) is 10.9. The number of nitrogens with zero attached hydrogens (tertiary/aromatic N) is 1. The zero-order valence-electron chi connectivity index (χ0n) is 20.3. The molecule has 4 aromatic carbocycles. The van der Waals surface area contributed by atoms with Gasteiger partial charge in [0.15, 0.2) is 0 Å². The minimum atomic E-state index is -0.509. The Hall–Kier alpha value is -4.34. The van der Waals surface area contributed by atoms with E-state index in [4.69, 9.17) is 9.47 Å². The van der Waals surface area contributed by atoms with Crippen LogP contribution in [0.15, 0.2) is 107 Å². The van der Waals surface area contributed by atoms with Gasteiger partial charge in [-0.15, -0.1) is 0 Å². The largest absolute Gasteiger partial charge is 0.489 e. The van der Waals surface area contributed by atoms with E-state index < -0.39 is 5.91 Å². The molecule has 0 fully saturated rings. The molecule has 6 heteroatoms. The van der Waals surface area contributed by atoms with Crippen LogP contribution in [0.4, 0.5) is 5.69 Å². The molecule has 5 nitrogen and oxygen atoms in total. The topological polar surface area (TPSA) is 71.3 Å². The summed E-state index contributed by atoms with van der Waals surface area (Å²) in [4.78, 5) is 12.9. The fraction of sp³-hybridized carbons (Fsp3) is 0.0968. The van der Waals surface area contributed by atoms with Crippen molar-refractivity contribution < 1.29 is 14.3 Å². The standard InChI is InChI=1S/C31H25BrN2O3/c1-22-7-9-24(10-8-22)21-37-30-16-11-27(32)18-25(30)17-26(19-33)31(35)34-28-12-14-29(15-13-28)36-20-23-5-3-2-4-6-23/h2-18H,20-21H2,1H3,(H,34,35)/b26-17+. The number of benzene rings is 4. The molecule has 184 valence electrons. The Morgan fingerprint density at radius 1 is 0.892 bits per heavy atom.